The van der Waals surface area contributed by atoms with Crippen molar-refractivity contribution in [3.63, 3.8) is 0 Å². The molecule has 17 heavy (non-hydrogen) atoms. The van der Waals surface area contributed by atoms with Gasteiger partial charge < -0.3 is 5.11 Å². The van der Waals surface area contributed by atoms with Gasteiger partial charge in [-0.1, -0.05) is 19.3 Å². The highest BCUT2D eigenvalue weighted by molar-refractivity contribution is 6.30. The molecule has 1 aliphatic carbocycles. The molecule has 5 heteroatoms. The monoisotopic (exact) mass is 237 g/mol. The molecule has 92 valence electrons. The second-order valence-electron chi connectivity index (χ2n) is 4.58. The average molecular weight is 237 g/mol. The van der Waals surface area contributed by atoms with Crippen molar-refractivity contribution in [3.05, 3.63) is 11.1 Å². The Morgan fingerprint density at radius 1 is 1.18 bits per heavy atom. The van der Waals surface area contributed by atoms with Crippen LogP contribution >= 0.6 is 0 Å². The quantitative estimate of drug-likeness (QED) is 0.576. The summed E-state index contributed by atoms with van der Waals surface area (Å²) in [6.07, 6.45) is 4.67. The number of nitrogens with zero attached hydrogens (tertiary/aromatic N) is 1. The first-order valence-corrected chi connectivity index (χ1v) is 5.86. The molecule has 1 aliphatic heterocycles. The first-order valence-electron chi connectivity index (χ1n) is 5.86. The fourth-order valence-corrected chi connectivity index (χ4v) is 2.58. The van der Waals surface area contributed by atoms with Crippen LogP contribution in [0.25, 0.3) is 0 Å². The summed E-state index contributed by atoms with van der Waals surface area (Å²) in [4.78, 5) is 35.9. The highest BCUT2D eigenvalue weighted by atomic mass is 16.4. The minimum atomic E-state index is -1.31. The van der Waals surface area contributed by atoms with Crippen molar-refractivity contribution in [1.29, 1.82) is 0 Å². The van der Waals surface area contributed by atoms with Gasteiger partial charge in [0.15, 0.2) is 0 Å². The van der Waals surface area contributed by atoms with Crippen molar-refractivity contribution in [1.82, 2.24) is 4.90 Å². The molecule has 2 aliphatic rings. The third kappa shape index (κ3) is 1.85. The van der Waals surface area contributed by atoms with E-state index < -0.39 is 17.8 Å². The number of carbonyl (C=O) groups is 3. The molecule has 0 aromatic carbocycles. The summed E-state index contributed by atoms with van der Waals surface area (Å²) in [7, 11) is 0. The van der Waals surface area contributed by atoms with Crippen LogP contribution in [0.3, 0.4) is 0 Å². The van der Waals surface area contributed by atoms with Crippen LogP contribution in [-0.2, 0) is 14.4 Å². The second-order valence-corrected chi connectivity index (χ2v) is 4.58. The summed E-state index contributed by atoms with van der Waals surface area (Å²) in [6.45, 7) is 1.41. The molecule has 0 aromatic heterocycles. The molecule has 0 aromatic rings. The fraction of sp³-hybridized carbons (Fsp3) is 0.583. The van der Waals surface area contributed by atoms with E-state index >= 15 is 0 Å². The summed E-state index contributed by atoms with van der Waals surface area (Å²) >= 11 is 0. The average Bonchev–Trinajstić information content (AvgIpc) is 2.51. The Balaban J connectivity index is 2.26. The summed E-state index contributed by atoms with van der Waals surface area (Å²) in [6, 6.07) is -0.115. The minimum Gasteiger partial charge on any atom is -0.477 e. The minimum absolute atomic E-state index is 0.0630. The van der Waals surface area contributed by atoms with Crippen LogP contribution in [0.5, 0.6) is 0 Å². The van der Waals surface area contributed by atoms with Crippen LogP contribution in [0.2, 0.25) is 0 Å². The summed E-state index contributed by atoms with van der Waals surface area (Å²) in [5.41, 5.74) is -0.298. The van der Waals surface area contributed by atoms with Gasteiger partial charge >= 0.3 is 5.97 Å². The largest absolute Gasteiger partial charge is 0.477 e. The Kier molecular flexibility index (Phi) is 3.00. The summed E-state index contributed by atoms with van der Waals surface area (Å²) in [5, 5.41) is 8.93. The predicted molar refractivity (Wildman–Crippen MR) is 59.1 cm³/mol. The van der Waals surface area contributed by atoms with Crippen molar-refractivity contribution >= 4 is 17.8 Å². The maximum Gasteiger partial charge on any atom is 0.341 e. The molecule has 0 saturated heterocycles. The van der Waals surface area contributed by atoms with Crippen molar-refractivity contribution in [2.45, 2.75) is 45.1 Å². The lowest BCUT2D eigenvalue weighted by Crippen LogP contribution is -2.42. The lowest BCUT2D eigenvalue weighted by Gasteiger charge is -2.29. The Labute approximate surface area is 99.1 Å². The van der Waals surface area contributed by atoms with Gasteiger partial charge in [-0.25, -0.2) is 4.79 Å². The maximum absolute atomic E-state index is 11.9. The first kappa shape index (κ1) is 11.8. The van der Waals surface area contributed by atoms with E-state index in [4.69, 9.17) is 5.11 Å². The smallest absolute Gasteiger partial charge is 0.341 e. The maximum atomic E-state index is 11.9. The van der Waals surface area contributed by atoms with Gasteiger partial charge in [0.2, 0.25) is 0 Å². The normalized spacial score (nSPS) is 22.5. The number of carboxylic acids is 1. The third-order valence-corrected chi connectivity index (χ3v) is 3.50. The molecular formula is C12H15NO4. The van der Waals surface area contributed by atoms with Crippen LogP contribution in [0.1, 0.15) is 39.0 Å². The third-order valence-electron chi connectivity index (χ3n) is 3.50. The highest BCUT2D eigenvalue weighted by Crippen LogP contribution is 2.29. The zero-order chi connectivity index (χ0) is 12.6. The molecule has 0 atom stereocenters. The Hall–Kier alpha value is -1.65. The van der Waals surface area contributed by atoms with E-state index in [0.29, 0.717) is 0 Å². The fourth-order valence-electron chi connectivity index (χ4n) is 2.58. The highest BCUT2D eigenvalue weighted by Gasteiger charge is 2.43. The van der Waals surface area contributed by atoms with Crippen LogP contribution in [0.15, 0.2) is 11.1 Å². The van der Waals surface area contributed by atoms with Gasteiger partial charge in [0, 0.05) is 11.6 Å². The Bertz CT molecular complexity index is 418. The predicted octanol–water partition coefficient (Wildman–Crippen LogP) is 1.09. The topological polar surface area (TPSA) is 74.7 Å². The lowest BCUT2D eigenvalue weighted by molar-refractivity contribution is -0.142. The van der Waals surface area contributed by atoms with E-state index in [1.165, 1.54) is 6.92 Å². The number of rotatable bonds is 2. The van der Waals surface area contributed by atoms with Gasteiger partial charge in [-0.2, -0.15) is 0 Å². The van der Waals surface area contributed by atoms with Crippen LogP contribution in [0, 0.1) is 0 Å². The number of carbonyl (C=O) groups excluding carboxylic acids is 2. The SMILES string of the molecule is CC1=C(C(=O)O)C(=O)N(C2CCCCC2)C1=O. The summed E-state index contributed by atoms with van der Waals surface area (Å²) < 4.78 is 0. The van der Waals surface area contributed by atoms with E-state index in [9.17, 15) is 14.4 Å². The molecule has 1 saturated carbocycles. The Morgan fingerprint density at radius 3 is 2.24 bits per heavy atom. The standard InChI is InChI=1S/C12H15NO4/c1-7-9(12(16)17)11(15)13(10(7)14)8-5-3-2-4-6-8/h8H,2-6H2,1H3,(H,16,17). The van der Waals surface area contributed by atoms with Gasteiger partial charge in [-0.3, -0.25) is 14.5 Å². The molecule has 0 bridgehead atoms. The van der Waals surface area contributed by atoms with Crippen molar-refractivity contribution in [2.24, 2.45) is 0 Å². The molecule has 5 nitrogen and oxygen atoms in total. The number of hydrogen-bond donors (Lipinski definition) is 1. The van der Waals surface area contributed by atoms with Crippen LogP contribution < -0.4 is 0 Å². The van der Waals surface area contributed by atoms with Gasteiger partial charge in [0.25, 0.3) is 11.8 Å². The number of hydrogen-bond acceptors (Lipinski definition) is 3. The molecule has 0 radical (unpaired) electrons. The van der Waals surface area contributed by atoms with E-state index in [1.54, 1.807) is 0 Å². The van der Waals surface area contributed by atoms with Crippen molar-refractivity contribution < 1.29 is 19.5 Å². The molecule has 1 fully saturated rings. The zero-order valence-electron chi connectivity index (χ0n) is 9.73. The number of carboxylic acid groups (broad SMARTS) is 1. The van der Waals surface area contributed by atoms with Gasteiger partial charge in [-0.05, 0) is 19.8 Å². The van der Waals surface area contributed by atoms with E-state index in [0.717, 1.165) is 37.0 Å². The molecule has 1 N–H and O–H groups in total. The van der Waals surface area contributed by atoms with E-state index in [2.05, 4.69) is 0 Å². The van der Waals surface area contributed by atoms with Crippen molar-refractivity contribution in [3.8, 4) is 0 Å². The van der Waals surface area contributed by atoms with Gasteiger partial charge in [0.1, 0.15) is 5.57 Å². The Morgan fingerprint density at radius 2 is 1.76 bits per heavy atom. The molecular weight excluding hydrogens is 222 g/mol. The zero-order valence-corrected chi connectivity index (χ0v) is 9.73. The molecule has 2 amide bonds. The number of amides is 2. The second kappa shape index (κ2) is 4.31. The number of imide groups is 1. The first-order chi connectivity index (χ1) is 8.04. The molecule has 0 spiro atoms. The number of aliphatic carboxylic acids is 1. The van der Waals surface area contributed by atoms with E-state index in [-0.39, 0.29) is 17.2 Å². The van der Waals surface area contributed by atoms with Crippen LogP contribution in [-0.4, -0.2) is 33.8 Å². The lowest BCUT2D eigenvalue weighted by atomic mass is 9.94. The van der Waals surface area contributed by atoms with Crippen LogP contribution in [0.4, 0.5) is 0 Å². The molecule has 1 heterocycles. The summed E-state index contributed by atoms with van der Waals surface area (Å²) in [5.74, 6) is -2.37. The van der Waals surface area contributed by atoms with Gasteiger partial charge in [0.05, 0.1) is 0 Å². The molecule has 0 unspecified atom stereocenters. The van der Waals surface area contributed by atoms with Gasteiger partial charge in [-0.15, -0.1) is 0 Å². The van der Waals surface area contributed by atoms with E-state index in [1.807, 2.05) is 0 Å². The van der Waals surface area contributed by atoms with Crippen molar-refractivity contribution in [2.75, 3.05) is 0 Å². The molecule has 2 rings (SSSR count).